The predicted octanol–water partition coefficient (Wildman–Crippen LogP) is 1.40. The Labute approximate surface area is 85.4 Å². The smallest absolute Gasteiger partial charge is 0.275 e. The predicted molar refractivity (Wildman–Crippen MR) is 53.9 cm³/mol. The van der Waals surface area contributed by atoms with Crippen LogP contribution in [-0.4, -0.2) is 14.8 Å². The van der Waals surface area contributed by atoms with Crippen molar-refractivity contribution in [1.29, 1.82) is 0 Å². The number of benzene rings is 1. The third kappa shape index (κ3) is 1.68. The Kier molecular flexibility index (Phi) is 2.37. The van der Waals surface area contributed by atoms with Crippen LogP contribution in [0.4, 0.5) is 4.39 Å². The van der Waals surface area contributed by atoms with Crippen LogP contribution in [0.3, 0.4) is 0 Å². The van der Waals surface area contributed by atoms with Crippen molar-refractivity contribution in [3.05, 3.63) is 40.6 Å². The summed E-state index contributed by atoms with van der Waals surface area (Å²) in [6, 6.07) is 5.87. The summed E-state index contributed by atoms with van der Waals surface area (Å²) in [5, 5.41) is 6.25. The fourth-order valence-electron chi connectivity index (χ4n) is 1.43. The summed E-state index contributed by atoms with van der Waals surface area (Å²) in [6.07, 6.45) is 0. The van der Waals surface area contributed by atoms with Gasteiger partial charge in [0, 0.05) is 12.1 Å². The van der Waals surface area contributed by atoms with E-state index in [4.69, 9.17) is 0 Å². The molecule has 0 bridgehead atoms. The number of hydrogen-bond acceptors (Lipinski definition) is 2. The monoisotopic (exact) mass is 207 g/mol. The number of hydrogen-bond donors (Lipinski definition) is 1. The van der Waals surface area contributed by atoms with Crippen molar-refractivity contribution < 1.29 is 4.39 Å². The Morgan fingerprint density at radius 2 is 2.07 bits per heavy atom. The van der Waals surface area contributed by atoms with E-state index in [-0.39, 0.29) is 11.5 Å². The summed E-state index contributed by atoms with van der Waals surface area (Å²) in [6.45, 7) is 2.38. The zero-order valence-corrected chi connectivity index (χ0v) is 8.20. The average molecular weight is 207 g/mol. The first-order valence-electron chi connectivity index (χ1n) is 4.63. The van der Waals surface area contributed by atoms with Crippen molar-refractivity contribution in [3.8, 4) is 11.4 Å². The second-order valence-corrected chi connectivity index (χ2v) is 3.10. The first-order valence-corrected chi connectivity index (χ1v) is 4.63. The summed E-state index contributed by atoms with van der Waals surface area (Å²) < 4.78 is 14.2. The molecule has 5 heteroatoms. The summed E-state index contributed by atoms with van der Waals surface area (Å²) >= 11 is 0. The molecule has 0 aliphatic heterocycles. The lowest BCUT2D eigenvalue weighted by atomic mass is 10.2. The molecule has 0 saturated carbocycles. The van der Waals surface area contributed by atoms with Crippen LogP contribution in [0, 0.1) is 5.82 Å². The lowest BCUT2D eigenvalue weighted by Gasteiger charge is -2.01. The van der Waals surface area contributed by atoms with Gasteiger partial charge in [-0.1, -0.05) is 0 Å². The normalized spacial score (nSPS) is 10.5. The quantitative estimate of drug-likeness (QED) is 0.809. The van der Waals surface area contributed by atoms with Crippen LogP contribution in [-0.2, 0) is 6.54 Å². The molecule has 1 heterocycles. The Balaban J connectivity index is 2.54. The third-order valence-corrected chi connectivity index (χ3v) is 2.18. The van der Waals surface area contributed by atoms with Gasteiger partial charge in [-0.15, -0.1) is 0 Å². The molecule has 4 nitrogen and oxygen atoms in total. The fourth-order valence-corrected chi connectivity index (χ4v) is 1.43. The molecule has 0 spiro atoms. The van der Waals surface area contributed by atoms with Crippen LogP contribution in [0.25, 0.3) is 11.4 Å². The molecule has 1 aromatic heterocycles. The van der Waals surface area contributed by atoms with E-state index in [9.17, 15) is 9.18 Å². The maximum Gasteiger partial charge on any atom is 0.343 e. The van der Waals surface area contributed by atoms with Crippen molar-refractivity contribution >= 4 is 0 Å². The molecule has 0 saturated heterocycles. The summed E-state index contributed by atoms with van der Waals surface area (Å²) in [4.78, 5) is 11.3. The van der Waals surface area contributed by atoms with Crippen molar-refractivity contribution in [2.24, 2.45) is 0 Å². The maximum absolute atomic E-state index is 12.7. The highest BCUT2D eigenvalue weighted by Gasteiger charge is 2.08. The van der Waals surface area contributed by atoms with Crippen LogP contribution in [0.2, 0.25) is 0 Å². The topological polar surface area (TPSA) is 50.7 Å². The van der Waals surface area contributed by atoms with Crippen LogP contribution < -0.4 is 5.69 Å². The molecule has 0 aliphatic carbocycles. The largest absolute Gasteiger partial charge is 0.343 e. The van der Waals surface area contributed by atoms with Gasteiger partial charge in [-0.25, -0.2) is 14.3 Å². The van der Waals surface area contributed by atoms with E-state index in [2.05, 4.69) is 10.2 Å². The highest BCUT2D eigenvalue weighted by molar-refractivity contribution is 5.54. The molecule has 1 aromatic carbocycles. The van der Waals surface area contributed by atoms with E-state index in [1.54, 1.807) is 12.1 Å². The number of nitrogens with zero attached hydrogens (tertiary/aromatic N) is 2. The van der Waals surface area contributed by atoms with Gasteiger partial charge in [-0.3, -0.25) is 4.57 Å². The molecular formula is C10H10FN3O. The zero-order chi connectivity index (χ0) is 10.8. The Morgan fingerprint density at radius 1 is 1.40 bits per heavy atom. The van der Waals surface area contributed by atoms with Gasteiger partial charge >= 0.3 is 5.69 Å². The number of halogens is 1. The molecule has 0 unspecified atom stereocenters. The molecule has 15 heavy (non-hydrogen) atoms. The number of nitrogens with one attached hydrogen (secondary N) is 1. The summed E-state index contributed by atoms with van der Waals surface area (Å²) in [7, 11) is 0. The van der Waals surface area contributed by atoms with Gasteiger partial charge in [-0.2, -0.15) is 5.10 Å². The highest BCUT2D eigenvalue weighted by atomic mass is 19.1. The first kappa shape index (κ1) is 9.64. The molecule has 2 aromatic rings. The minimum absolute atomic E-state index is 0.253. The molecule has 0 atom stereocenters. The van der Waals surface area contributed by atoms with Gasteiger partial charge in [0.1, 0.15) is 5.82 Å². The standard InChI is InChI=1S/C10H10FN3O/c1-2-14-9(12-13-10(14)15)7-3-5-8(11)6-4-7/h3-6H,2H2,1H3,(H,13,15). The van der Waals surface area contributed by atoms with E-state index in [1.807, 2.05) is 6.92 Å². The second kappa shape index (κ2) is 3.68. The SMILES string of the molecule is CCn1c(-c2ccc(F)cc2)n[nH]c1=O. The van der Waals surface area contributed by atoms with E-state index < -0.39 is 0 Å². The van der Waals surface area contributed by atoms with Crippen LogP contribution >= 0.6 is 0 Å². The van der Waals surface area contributed by atoms with Crippen molar-refractivity contribution in [2.45, 2.75) is 13.5 Å². The Morgan fingerprint density at radius 3 is 2.67 bits per heavy atom. The van der Waals surface area contributed by atoms with E-state index in [0.29, 0.717) is 12.4 Å². The number of aromatic nitrogens is 3. The minimum Gasteiger partial charge on any atom is -0.275 e. The van der Waals surface area contributed by atoms with Gasteiger partial charge in [0.15, 0.2) is 5.82 Å². The molecule has 78 valence electrons. The molecule has 0 aliphatic rings. The number of rotatable bonds is 2. The Hall–Kier alpha value is -1.91. The van der Waals surface area contributed by atoms with E-state index >= 15 is 0 Å². The molecular weight excluding hydrogens is 197 g/mol. The molecule has 2 rings (SSSR count). The molecule has 0 amide bonds. The number of H-pyrrole nitrogens is 1. The molecule has 0 radical (unpaired) electrons. The average Bonchev–Trinajstić information content (AvgIpc) is 2.61. The lowest BCUT2D eigenvalue weighted by Crippen LogP contribution is -2.16. The van der Waals surface area contributed by atoms with E-state index in [1.165, 1.54) is 16.7 Å². The van der Waals surface area contributed by atoms with Gasteiger partial charge in [-0.05, 0) is 31.2 Å². The van der Waals surface area contributed by atoms with E-state index in [0.717, 1.165) is 5.56 Å². The minimum atomic E-state index is -0.306. The number of aromatic amines is 1. The van der Waals surface area contributed by atoms with Crippen molar-refractivity contribution in [2.75, 3.05) is 0 Å². The lowest BCUT2D eigenvalue weighted by molar-refractivity contribution is 0.628. The van der Waals surface area contributed by atoms with Gasteiger partial charge in [0.2, 0.25) is 0 Å². The Bertz CT molecular complexity index is 512. The fraction of sp³-hybridized carbons (Fsp3) is 0.200. The van der Waals surface area contributed by atoms with Gasteiger partial charge in [0.05, 0.1) is 0 Å². The zero-order valence-electron chi connectivity index (χ0n) is 8.20. The van der Waals surface area contributed by atoms with Crippen LogP contribution in [0.15, 0.2) is 29.1 Å². The maximum atomic E-state index is 12.7. The highest BCUT2D eigenvalue weighted by Crippen LogP contribution is 2.15. The first-order chi connectivity index (χ1) is 7.22. The second-order valence-electron chi connectivity index (χ2n) is 3.10. The van der Waals surface area contributed by atoms with Crippen molar-refractivity contribution in [1.82, 2.24) is 14.8 Å². The van der Waals surface area contributed by atoms with Crippen LogP contribution in [0.1, 0.15) is 6.92 Å². The third-order valence-electron chi connectivity index (χ3n) is 2.18. The van der Waals surface area contributed by atoms with Crippen molar-refractivity contribution in [3.63, 3.8) is 0 Å². The summed E-state index contributed by atoms with van der Waals surface area (Å²) in [5.74, 6) is 0.224. The summed E-state index contributed by atoms with van der Waals surface area (Å²) in [5.41, 5.74) is 0.466. The molecule has 0 fully saturated rings. The van der Waals surface area contributed by atoms with Gasteiger partial charge < -0.3 is 0 Å². The van der Waals surface area contributed by atoms with Gasteiger partial charge in [0.25, 0.3) is 0 Å². The van der Waals surface area contributed by atoms with Crippen LogP contribution in [0.5, 0.6) is 0 Å². The molecule has 1 N–H and O–H groups in total.